The van der Waals surface area contributed by atoms with Crippen LogP contribution in [0.5, 0.6) is 0 Å². The summed E-state index contributed by atoms with van der Waals surface area (Å²) >= 11 is 3.28. The summed E-state index contributed by atoms with van der Waals surface area (Å²) < 4.78 is 2.11. The van der Waals surface area contributed by atoms with Crippen molar-refractivity contribution in [3.05, 3.63) is 39.4 Å². The summed E-state index contributed by atoms with van der Waals surface area (Å²) in [4.78, 5) is 4.28. The zero-order valence-electron chi connectivity index (χ0n) is 9.85. The van der Waals surface area contributed by atoms with E-state index in [-0.39, 0.29) is 0 Å². The molecule has 1 atom stereocenters. The summed E-state index contributed by atoms with van der Waals surface area (Å²) in [6.45, 7) is 3.81. The third-order valence-corrected chi connectivity index (χ3v) is 3.07. The lowest BCUT2D eigenvalue weighted by atomic mass is 10.1. The highest BCUT2D eigenvalue weighted by molar-refractivity contribution is 9.10. The fraction of sp³-hybridized carbons (Fsp3) is 0.364. The van der Waals surface area contributed by atoms with Crippen LogP contribution in [-0.4, -0.2) is 25.1 Å². The number of pyridine rings is 1. The molecule has 90 valence electrons. The van der Waals surface area contributed by atoms with E-state index in [2.05, 4.69) is 31.2 Å². The first-order valence-corrected chi connectivity index (χ1v) is 5.96. The van der Waals surface area contributed by atoms with Crippen molar-refractivity contribution in [2.45, 2.75) is 20.0 Å². The minimum Gasteiger partial charge on any atom is -0.382 e. The highest BCUT2D eigenvalue weighted by atomic mass is 79.9. The van der Waals surface area contributed by atoms with Gasteiger partial charge in [0.2, 0.25) is 0 Å². The molecule has 0 saturated heterocycles. The smallest absolute Gasteiger partial charge is 0.154 e. The van der Waals surface area contributed by atoms with Crippen molar-refractivity contribution in [1.82, 2.24) is 20.0 Å². The molecule has 2 rings (SSSR count). The lowest BCUT2D eigenvalue weighted by molar-refractivity contribution is 0.208. The highest BCUT2D eigenvalue weighted by Gasteiger charge is 2.20. The molecule has 0 saturated carbocycles. The number of hydrogen-bond donors (Lipinski definition) is 1. The van der Waals surface area contributed by atoms with Crippen molar-refractivity contribution < 1.29 is 5.11 Å². The third kappa shape index (κ3) is 2.37. The molecule has 0 aliphatic carbocycles. The number of aromatic nitrogens is 4. The second-order valence-corrected chi connectivity index (χ2v) is 4.73. The van der Waals surface area contributed by atoms with E-state index in [0.29, 0.717) is 10.3 Å². The number of halogens is 1. The Morgan fingerprint density at radius 1 is 1.29 bits per heavy atom. The second kappa shape index (κ2) is 4.54. The van der Waals surface area contributed by atoms with E-state index in [1.54, 1.807) is 11.7 Å². The molecule has 0 amide bonds. The average molecular weight is 297 g/mol. The highest BCUT2D eigenvalue weighted by Crippen LogP contribution is 2.26. The predicted molar refractivity (Wildman–Crippen MR) is 66.5 cm³/mol. The number of hydrogen-bond acceptors (Lipinski definition) is 4. The zero-order valence-corrected chi connectivity index (χ0v) is 11.4. The van der Waals surface area contributed by atoms with Gasteiger partial charge in [-0.15, -0.1) is 5.10 Å². The maximum Gasteiger partial charge on any atom is 0.154 e. The van der Waals surface area contributed by atoms with Crippen LogP contribution >= 0.6 is 15.9 Å². The molecule has 2 aromatic rings. The largest absolute Gasteiger partial charge is 0.382 e. The Balaban J connectivity index is 2.47. The molecule has 0 aliphatic rings. The SMILES string of the molecule is Cc1cc(C(O)c2c(Br)nnn2C)cc(C)n1. The van der Waals surface area contributed by atoms with E-state index < -0.39 is 6.10 Å². The number of aryl methyl sites for hydroxylation is 3. The Morgan fingerprint density at radius 3 is 2.35 bits per heavy atom. The van der Waals surface area contributed by atoms with E-state index in [1.165, 1.54) is 0 Å². The fourth-order valence-electron chi connectivity index (χ4n) is 1.81. The summed E-state index contributed by atoms with van der Waals surface area (Å²) in [5.41, 5.74) is 3.19. The monoisotopic (exact) mass is 296 g/mol. The molecule has 17 heavy (non-hydrogen) atoms. The van der Waals surface area contributed by atoms with Gasteiger partial charge < -0.3 is 5.11 Å². The normalized spacial score (nSPS) is 12.8. The van der Waals surface area contributed by atoms with E-state index in [9.17, 15) is 5.11 Å². The maximum absolute atomic E-state index is 10.3. The van der Waals surface area contributed by atoms with Crippen LogP contribution in [0.2, 0.25) is 0 Å². The Kier molecular flexibility index (Phi) is 3.26. The molecule has 5 nitrogen and oxygen atoms in total. The molecule has 0 aliphatic heterocycles. The van der Waals surface area contributed by atoms with Gasteiger partial charge in [0.1, 0.15) is 11.8 Å². The van der Waals surface area contributed by atoms with Gasteiger partial charge in [0.15, 0.2) is 4.60 Å². The van der Waals surface area contributed by atoms with Crippen molar-refractivity contribution in [3.63, 3.8) is 0 Å². The van der Waals surface area contributed by atoms with Crippen LogP contribution in [0, 0.1) is 13.8 Å². The van der Waals surface area contributed by atoms with Crippen molar-refractivity contribution in [2.75, 3.05) is 0 Å². The molecule has 0 spiro atoms. The first kappa shape index (κ1) is 12.2. The van der Waals surface area contributed by atoms with Crippen molar-refractivity contribution in [3.8, 4) is 0 Å². The summed E-state index contributed by atoms with van der Waals surface area (Å²) in [5, 5.41) is 18.0. The lowest BCUT2D eigenvalue weighted by Gasteiger charge is -2.12. The lowest BCUT2D eigenvalue weighted by Crippen LogP contribution is -2.08. The number of nitrogens with zero attached hydrogens (tertiary/aromatic N) is 4. The van der Waals surface area contributed by atoms with E-state index in [0.717, 1.165) is 17.0 Å². The number of aliphatic hydroxyl groups is 1. The van der Waals surface area contributed by atoms with E-state index >= 15 is 0 Å². The van der Waals surface area contributed by atoms with Gasteiger partial charge in [-0.05, 0) is 47.5 Å². The third-order valence-electron chi connectivity index (χ3n) is 2.51. The maximum atomic E-state index is 10.3. The molecule has 6 heteroatoms. The topological polar surface area (TPSA) is 63.8 Å². The second-order valence-electron chi connectivity index (χ2n) is 3.97. The number of rotatable bonds is 2. The summed E-state index contributed by atoms with van der Waals surface area (Å²) in [6.07, 6.45) is -0.759. The van der Waals surface area contributed by atoms with Gasteiger partial charge >= 0.3 is 0 Å². The molecule has 1 N–H and O–H groups in total. The summed E-state index contributed by atoms with van der Waals surface area (Å²) in [5.74, 6) is 0. The van der Waals surface area contributed by atoms with Gasteiger partial charge in [-0.2, -0.15) is 0 Å². The van der Waals surface area contributed by atoms with E-state index in [4.69, 9.17) is 0 Å². The van der Waals surface area contributed by atoms with Gasteiger partial charge in [0, 0.05) is 18.4 Å². The van der Waals surface area contributed by atoms with Gasteiger partial charge in [0.25, 0.3) is 0 Å². The molecule has 2 heterocycles. The van der Waals surface area contributed by atoms with Crippen LogP contribution in [-0.2, 0) is 7.05 Å². The van der Waals surface area contributed by atoms with Crippen LogP contribution in [0.1, 0.15) is 28.7 Å². The first-order chi connectivity index (χ1) is 7.99. The Bertz CT molecular complexity index is 513. The summed E-state index contributed by atoms with van der Waals surface area (Å²) in [7, 11) is 1.75. The average Bonchev–Trinajstić information content (AvgIpc) is 2.56. The van der Waals surface area contributed by atoms with E-state index in [1.807, 2.05) is 26.0 Å². The summed E-state index contributed by atoms with van der Waals surface area (Å²) in [6, 6.07) is 3.72. The minimum atomic E-state index is -0.759. The van der Waals surface area contributed by atoms with Crippen LogP contribution in [0.15, 0.2) is 16.7 Å². The first-order valence-electron chi connectivity index (χ1n) is 5.17. The van der Waals surface area contributed by atoms with Gasteiger partial charge in [0.05, 0.1) is 0 Å². The molecule has 0 aromatic carbocycles. The molecular weight excluding hydrogens is 284 g/mol. The minimum absolute atomic E-state index is 0.555. The standard InChI is InChI=1S/C11H13BrN4O/c1-6-4-8(5-7(2)13-6)10(17)9-11(12)14-15-16(9)3/h4-5,10,17H,1-3H3. The van der Waals surface area contributed by atoms with Crippen molar-refractivity contribution >= 4 is 15.9 Å². The van der Waals surface area contributed by atoms with Gasteiger partial charge in [-0.25, -0.2) is 4.68 Å². The van der Waals surface area contributed by atoms with Crippen molar-refractivity contribution in [2.24, 2.45) is 7.05 Å². The quantitative estimate of drug-likeness (QED) is 0.916. The zero-order chi connectivity index (χ0) is 12.6. The predicted octanol–water partition coefficient (Wildman–Crippen LogP) is 1.67. The molecule has 2 aromatic heterocycles. The molecule has 1 unspecified atom stereocenters. The molecular formula is C11H13BrN4O. The number of aliphatic hydroxyl groups excluding tert-OH is 1. The van der Waals surface area contributed by atoms with Crippen LogP contribution in [0.4, 0.5) is 0 Å². The van der Waals surface area contributed by atoms with Crippen LogP contribution < -0.4 is 0 Å². The Labute approximate surface area is 108 Å². The molecule has 0 bridgehead atoms. The van der Waals surface area contributed by atoms with Crippen molar-refractivity contribution in [1.29, 1.82) is 0 Å². The Morgan fingerprint density at radius 2 is 1.88 bits per heavy atom. The Hall–Kier alpha value is -1.27. The fourth-order valence-corrected chi connectivity index (χ4v) is 2.36. The molecule has 0 fully saturated rings. The van der Waals surface area contributed by atoms with Gasteiger partial charge in [-0.1, -0.05) is 5.21 Å². The molecule has 0 radical (unpaired) electrons. The van der Waals surface area contributed by atoms with Crippen LogP contribution in [0.25, 0.3) is 0 Å². The van der Waals surface area contributed by atoms with Gasteiger partial charge in [-0.3, -0.25) is 4.98 Å². The van der Waals surface area contributed by atoms with Crippen LogP contribution in [0.3, 0.4) is 0 Å².